The number of hydrogen-bond donors (Lipinski definition) is 2. The second-order valence-electron chi connectivity index (χ2n) is 3.31. The van der Waals surface area contributed by atoms with Crippen molar-refractivity contribution in [3.63, 3.8) is 0 Å². The van der Waals surface area contributed by atoms with Gasteiger partial charge in [0.1, 0.15) is 0 Å². The number of morpholine rings is 1. The van der Waals surface area contributed by atoms with Gasteiger partial charge in [-0.3, -0.25) is 9.59 Å². The molecule has 0 radical (unpaired) electrons. The lowest BCUT2D eigenvalue weighted by atomic mass is 10.4. The Morgan fingerprint density at radius 1 is 1.33 bits per heavy atom. The van der Waals surface area contributed by atoms with E-state index in [-0.39, 0.29) is 18.9 Å². The van der Waals surface area contributed by atoms with Crippen molar-refractivity contribution in [3.8, 4) is 0 Å². The van der Waals surface area contributed by atoms with E-state index in [1.165, 1.54) is 0 Å². The van der Waals surface area contributed by atoms with E-state index >= 15 is 0 Å². The molecule has 15 heavy (non-hydrogen) atoms. The Balaban J connectivity index is 2.09. The molecule has 1 aliphatic rings. The Bertz CT molecular complexity index is 226. The zero-order valence-electron chi connectivity index (χ0n) is 8.57. The van der Waals surface area contributed by atoms with Gasteiger partial charge in [0.25, 0.3) is 0 Å². The highest BCUT2D eigenvalue weighted by molar-refractivity contribution is 5.78. The van der Waals surface area contributed by atoms with Crippen molar-refractivity contribution in [2.45, 2.75) is 6.42 Å². The first-order chi connectivity index (χ1) is 7.20. The van der Waals surface area contributed by atoms with Crippen LogP contribution in [0.5, 0.6) is 0 Å². The molecule has 1 aliphatic heterocycles. The van der Waals surface area contributed by atoms with E-state index in [9.17, 15) is 9.59 Å². The number of rotatable bonds is 5. The third-order valence-corrected chi connectivity index (χ3v) is 2.16. The monoisotopic (exact) mass is 216 g/mol. The third kappa shape index (κ3) is 4.75. The fourth-order valence-corrected chi connectivity index (χ4v) is 1.32. The normalized spacial score (nSPS) is 16.4. The highest BCUT2D eigenvalue weighted by Gasteiger charge is 2.15. The lowest BCUT2D eigenvalue weighted by Crippen LogP contribution is -2.44. The largest absolute Gasteiger partial charge is 0.481 e. The summed E-state index contributed by atoms with van der Waals surface area (Å²) in [6, 6.07) is 0. The Kier molecular flexibility index (Phi) is 5.06. The Labute approximate surface area is 88.2 Å². The van der Waals surface area contributed by atoms with Crippen LogP contribution >= 0.6 is 0 Å². The number of carbonyl (C=O) groups is 2. The number of carboxylic acids is 1. The van der Waals surface area contributed by atoms with E-state index in [1.807, 2.05) is 0 Å². The van der Waals surface area contributed by atoms with Gasteiger partial charge in [0.2, 0.25) is 5.91 Å². The Hall–Kier alpha value is -1.14. The number of nitrogens with one attached hydrogen (secondary N) is 1. The summed E-state index contributed by atoms with van der Waals surface area (Å²) in [5.74, 6) is -0.856. The van der Waals surface area contributed by atoms with Crippen molar-refractivity contribution < 1.29 is 19.4 Å². The van der Waals surface area contributed by atoms with Gasteiger partial charge in [-0.15, -0.1) is 0 Å². The standard InChI is InChI=1S/C9H16N2O4/c12-8(7-10-2-1-9(13)14)11-3-5-15-6-4-11/h10H,1-7H2,(H,13,14). The molecule has 0 aromatic heterocycles. The van der Waals surface area contributed by atoms with Gasteiger partial charge in [-0.25, -0.2) is 0 Å². The van der Waals surface area contributed by atoms with Crippen molar-refractivity contribution in [1.29, 1.82) is 0 Å². The quantitative estimate of drug-likeness (QED) is 0.571. The molecule has 1 heterocycles. The molecular formula is C9H16N2O4. The summed E-state index contributed by atoms with van der Waals surface area (Å²) in [5.41, 5.74) is 0. The number of hydrogen-bond acceptors (Lipinski definition) is 4. The summed E-state index contributed by atoms with van der Waals surface area (Å²) in [6.45, 7) is 2.94. The van der Waals surface area contributed by atoms with Gasteiger partial charge >= 0.3 is 5.97 Å². The van der Waals surface area contributed by atoms with Crippen LogP contribution in [-0.4, -0.2) is 61.3 Å². The minimum atomic E-state index is -0.860. The lowest BCUT2D eigenvalue weighted by molar-refractivity contribution is -0.137. The van der Waals surface area contributed by atoms with E-state index in [1.54, 1.807) is 4.90 Å². The molecular weight excluding hydrogens is 200 g/mol. The lowest BCUT2D eigenvalue weighted by Gasteiger charge is -2.26. The molecule has 0 saturated carbocycles. The van der Waals surface area contributed by atoms with Gasteiger partial charge < -0.3 is 20.1 Å². The fourth-order valence-electron chi connectivity index (χ4n) is 1.32. The van der Waals surface area contributed by atoms with Gasteiger partial charge in [0.05, 0.1) is 26.2 Å². The van der Waals surface area contributed by atoms with E-state index in [0.717, 1.165) is 0 Å². The second kappa shape index (κ2) is 6.36. The Morgan fingerprint density at radius 2 is 2.00 bits per heavy atom. The van der Waals surface area contributed by atoms with Crippen LogP contribution in [0.3, 0.4) is 0 Å². The molecule has 0 bridgehead atoms. The van der Waals surface area contributed by atoms with Crippen molar-refractivity contribution in [1.82, 2.24) is 10.2 Å². The average Bonchev–Trinajstić information content (AvgIpc) is 2.25. The maximum absolute atomic E-state index is 11.5. The summed E-state index contributed by atoms with van der Waals surface area (Å²) < 4.78 is 5.11. The average molecular weight is 216 g/mol. The number of amides is 1. The molecule has 0 aromatic carbocycles. The number of aliphatic carboxylic acids is 1. The van der Waals surface area contributed by atoms with Crippen LogP contribution in [0.4, 0.5) is 0 Å². The molecule has 0 spiro atoms. The molecule has 86 valence electrons. The first-order valence-corrected chi connectivity index (χ1v) is 4.98. The van der Waals surface area contributed by atoms with Crippen LogP contribution < -0.4 is 5.32 Å². The van der Waals surface area contributed by atoms with E-state index in [4.69, 9.17) is 9.84 Å². The molecule has 1 saturated heterocycles. The molecule has 6 nitrogen and oxygen atoms in total. The van der Waals surface area contributed by atoms with Crippen LogP contribution in [0.1, 0.15) is 6.42 Å². The Morgan fingerprint density at radius 3 is 2.60 bits per heavy atom. The minimum Gasteiger partial charge on any atom is -0.481 e. The summed E-state index contributed by atoms with van der Waals surface area (Å²) in [7, 11) is 0. The van der Waals surface area contributed by atoms with Crippen LogP contribution in [0.2, 0.25) is 0 Å². The summed E-state index contributed by atoms with van der Waals surface area (Å²) >= 11 is 0. The molecule has 0 aromatic rings. The number of ether oxygens (including phenoxy) is 1. The first kappa shape index (κ1) is 11.9. The maximum atomic E-state index is 11.5. The van der Waals surface area contributed by atoms with Crippen LogP contribution in [0, 0.1) is 0 Å². The highest BCUT2D eigenvalue weighted by atomic mass is 16.5. The fraction of sp³-hybridized carbons (Fsp3) is 0.778. The topological polar surface area (TPSA) is 78.9 Å². The minimum absolute atomic E-state index is 0.00342. The van der Waals surface area contributed by atoms with Crippen molar-refractivity contribution in [3.05, 3.63) is 0 Å². The summed E-state index contributed by atoms with van der Waals surface area (Å²) in [4.78, 5) is 23.4. The summed E-state index contributed by atoms with van der Waals surface area (Å²) in [5, 5.41) is 11.2. The van der Waals surface area contributed by atoms with Gasteiger partial charge in [-0.1, -0.05) is 0 Å². The molecule has 1 amide bonds. The van der Waals surface area contributed by atoms with Crippen molar-refractivity contribution >= 4 is 11.9 Å². The van der Waals surface area contributed by atoms with Gasteiger partial charge in [0.15, 0.2) is 0 Å². The molecule has 1 fully saturated rings. The van der Waals surface area contributed by atoms with Crippen molar-refractivity contribution in [2.24, 2.45) is 0 Å². The summed E-state index contributed by atoms with van der Waals surface area (Å²) in [6.07, 6.45) is 0.0381. The molecule has 2 N–H and O–H groups in total. The molecule has 6 heteroatoms. The molecule has 0 atom stereocenters. The smallest absolute Gasteiger partial charge is 0.304 e. The van der Waals surface area contributed by atoms with E-state index in [2.05, 4.69) is 5.32 Å². The predicted octanol–water partition coefficient (Wildman–Crippen LogP) is -1.09. The number of carbonyl (C=O) groups excluding carboxylic acids is 1. The molecule has 1 rings (SSSR count). The van der Waals surface area contributed by atoms with E-state index < -0.39 is 5.97 Å². The molecule has 0 aliphatic carbocycles. The van der Waals surface area contributed by atoms with Crippen LogP contribution in [0.25, 0.3) is 0 Å². The van der Waals surface area contributed by atoms with Crippen molar-refractivity contribution in [2.75, 3.05) is 39.4 Å². The predicted molar refractivity (Wildman–Crippen MR) is 52.5 cm³/mol. The SMILES string of the molecule is O=C(O)CCNCC(=O)N1CCOCC1. The van der Waals surface area contributed by atoms with Crippen LogP contribution in [0.15, 0.2) is 0 Å². The first-order valence-electron chi connectivity index (χ1n) is 4.98. The zero-order chi connectivity index (χ0) is 11.1. The van der Waals surface area contributed by atoms with Crippen LogP contribution in [-0.2, 0) is 14.3 Å². The number of nitrogens with zero attached hydrogens (tertiary/aromatic N) is 1. The maximum Gasteiger partial charge on any atom is 0.304 e. The number of carboxylic acid groups (broad SMARTS) is 1. The highest BCUT2D eigenvalue weighted by Crippen LogP contribution is 1.96. The van der Waals surface area contributed by atoms with E-state index in [0.29, 0.717) is 32.8 Å². The van der Waals surface area contributed by atoms with Gasteiger partial charge in [0, 0.05) is 19.6 Å². The zero-order valence-corrected chi connectivity index (χ0v) is 8.57. The second-order valence-corrected chi connectivity index (χ2v) is 3.31. The molecule has 0 unspecified atom stereocenters. The third-order valence-electron chi connectivity index (χ3n) is 2.16. The van der Waals surface area contributed by atoms with Gasteiger partial charge in [-0.2, -0.15) is 0 Å². The van der Waals surface area contributed by atoms with Gasteiger partial charge in [-0.05, 0) is 0 Å².